The van der Waals surface area contributed by atoms with Gasteiger partial charge in [0.05, 0.1) is 5.69 Å². The van der Waals surface area contributed by atoms with Crippen molar-refractivity contribution in [2.24, 2.45) is 0 Å². The highest BCUT2D eigenvalue weighted by Gasteiger charge is 2.16. The largest absolute Gasteiger partial charge is 0.455 e. The SMILES string of the molecule is O=C(Nc1ccccc1Oc1ccccc1)c1cc2ccccc2oc1=O. The van der Waals surface area contributed by atoms with Crippen molar-refractivity contribution in [1.29, 1.82) is 0 Å². The van der Waals surface area contributed by atoms with Gasteiger partial charge in [-0.2, -0.15) is 0 Å². The molecule has 5 heteroatoms. The number of carbonyl (C=O) groups excluding carboxylic acids is 1. The standard InChI is InChI=1S/C22H15NO4/c24-21(17-14-15-8-4-6-12-19(15)27-22(17)25)23-18-11-5-7-13-20(18)26-16-9-2-1-3-10-16/h1-14H,(H,23,24). The van der Waals surface area contributed by atoms with Crippen LogP contribution in [-0.2, 0) is 0 Å². The Bertz CT molecular complexity index is 1170. The first-order valence-electron chi connectivity index (χ1n) is 8.37. The number of ether oxygens (including phenoxy) is 1. The van der Waals surface area contributed by atoms with Gasteiger partial charge in [-0.05, 0) is 36.4 Å². The molecule has 1 aromatic heterocycles. The highest BCUT2D eigenvalue weighted by Crippen LogP contribution is 2.29. The van der Waals surface area contributed by atoms with E-state index in [1.54, 1.807) is 42.5 Å². The Hall–Kier alpha value is -3.86. The van der Waals surface area contributed by atoms with Gasteiger partial charge in [-0.1, -0.05) is 48.5 Å². The molecule has 0 unspecified atom stereocenters. The number of hydrogen-bond donors (Lipinski definition) is 1. The molecule has 132 valence electrons. The van der Waals surface area contributed by atoms with Gasteiger partial charge >= 0.3 is 5.63 Å². The molecule has 0 aliphatic rings. The number of nitrogens with one attached hydrogen (secondary N) is 1. The van der Waals surface area contributed by atoms with Gasteiger partial charge in [0.15, 0.2) is 5.75 Å². The monoisotopic (exact) mass is 357 g/mol. The molecule has 5 nitrogen and oxygen atoms in total. The molecule has 0 atom stereocenters. The lowest BCUT2D eigenvalue weighted by Crippen LogP contribution is -2.20. The average molecular weight is 357 g/mol. The Morgan fingerprint density at radius 2 is 1.56 bits per heavy atom. The van der Waals surface area contributed by atoms with E-state index < -0.39 is 11.5 Å². The predicted octanol–water partition coefficient (Wildman–Crippen LogP) is 4.84. The van der Waals surface area contributed by atoms with E-state index in [4.69, 9.17) is 9.15 Å². The molecule has 0 radical (unpaired) electrons. The van der Waals surface area contributed by atoms with Gasteiger partial charge in [0.2, 0.25) is 0 Å². The van der Waals surface area contributed by atoms with Crippen molar-refractivity contribution < 1.29 is 13.9 Å². The van der Waals surface area contributed by atoms with Crippen LogP contribution < -0.4 is 15.7 Å². The zero-order valence-electron chi connectivity index (χ0n) is 14.2. The number of benzene rings is 3. The molecule has 27 heavy (non-hydrogen) atoms. The van der Waals surface area contributed by atoms with Crippen LogP contribution >= 0.6 is 0 Å². The lowest BCUT2D eigenvalue weighted by molar-refractivity contribution is 0.102. The van der Waals surface area contributed by atoms with Gasteiger partial charge in [0, 0.05) is 5.39 Å². The van der Waals surface area contributed by atoms with Crippen LogP contribution in [0, 0.1) is 0 Å². The van der Waals surface area contributed by atoms with Crippen LogP contribution in [0.3, 0.4) is 0 Å². The zero-order chi connectivity index (χ0) is 18.6. The van der Waals surface area contributed by atoms with Crippen LogP contribution in [0.2, 0.25) is 0 Å². The maximum atomic E-state index is 12.7. The summed E-state index contributed by atoms with van der Waals surface area (Å²) in [5.74, 6) is 0.560. The lowest BCUT2D eigenvalue weighted by Gasteiger charge is -2.12. The first kappa shape index (κ1) is 16.6. The molecule has 4 rings (SSSR count). The maximum absolute atomic E-state index is 12.7. The van der Waals surface area contributed by atoms with Gasteiger partial charge in [0.1, 0.15) is 16.9 Å². The molecule has 1 N–H and O–H groups in total. The van der Waals surface area contributed by atoms with Crippen molar-refractivity contribution in [3.8, 4) is 11.5 Å². The second-order valence-electron chi connectivity index (χ2n) is 5.85. The smallest absolute Gasteiger partial charge is 0.349 e. The second-order valence-corrected chi connectivity index (χ2v) is 5.85. The molecule has 0 aliphatic carbocycles. The molecule has 0 saturated heterocycles. The van der Waals surface area contributed by atoms with Gasteiger partial charge in [0.25, 0.3) is 5.91 Å². The van der Waals surface area contributed by atoms with E-state index in [-0.39, 0.29) is 5.56 Å². The Kier molecular flexibility index (Phi) is 4.41. The minimum atomic E-state index is -0.687. The molecule has 4 aromatic rings. The predicted molar refractivity (Wildman–Crippen MR) is 103 cm³/mol. The van der Waals surface area contributed by atoms with Crippen molar-refractivity contribution in [1.82, 2.24) is 0 Å². The second kappa shape index (κ2) is 7.17. The van der Waals surface area contributed by atoms with Crippen molar-refractivity contribution in [3.05, 3.63) is 101 Å². The number of carbonyl (C=O) groups is 1. The Labute approximate surface area is 154 Å². The van der Waals surface area contributed by atoms with Gasteiger partial charge < -0.3 is 14.5 Å². The summed E-state index contributed by atoms with van der Waals surface area (Å²) < 4.78 is 11.1. The first-order chi connectivity index (χ1) is 13.2. The highest BCUT2D eigenvalue weighted by atomic mass is 16.5. The van der Waals surface area contributed by atoms with Crippen LogP contribution in [0.5, 0.6) is 11.5 Å². The van der Waals surface area contributed by atoms with Crippen LogP contribution in [0.4, 0.5) is 5.69 Å². The summed E-state index contributed by atoms with van der Waals surface area (Å²) in [6, 6.07) is 24.8. The molecular weight excluding hydrogens is 342 g/mol. The Morgan fingerprint density at radius 1 is 0.852 bits per heavy atom. The maximum Gasteiger partial charge on any atom is 0.349 e. The van der Waals surface area contributed by atoms with E-state index in [9.17, 15) is 9.59 Å². The van der Waals surface area contributed by atoms with E-state index in [0.717, 1.165) is 0 Å². The number of rotatable bonds is 4. The fourth-order valence-electron chi connectivity index (χ4n) is 2.68. The van der Waals surface area contributed by atoms with Gasteiger partial charge in [-0.15, -0.1) is 0 Å². The van der Waals surface area contributed by atoms with Crippen molar-refractivity contribution in [3.63, 3.8) is 0 Å². The number of para-hydroxylation sites is 4. The van der Waals surface area contributed by atoms with E-state index in [1.807, 2.05) is 36.4 Å². The number of fused-ring (bicyclic) bond motifs is 1. The van der Waals surface area contributed by atoms with E-state index in [1.165, 1.54) is 6.07 Å². The minimum absolute atomic E-state index is 0.0665. The van der Waals surface area contributed by atoms with Crippen LogP contribution in [0.15, 0.2) is 94.1 Å². The summed E-state index contributed by atoms with van der Waals surface area (Å²) in [6.07, 6.45) is 0. The van der Waals surface area contributed by atoms with E-state index >= 15 is 0 Å². The van der Waals surface area contributed by atoms with Gasteiger partial charge in [-0.25, -0.2) is 4.79 Å². The minimum Gasteiger partial charge on any atom is -0.455 e. The summed E-state index contributed by atoms with van der Waals surface area (Å²) in [4.78, 5) is 24.8. The third kappa shape index (κ3) is 3.57. The third-order valence-electron chi connectivity index (χ3n) is 3.99. The molecule has 1 heterocycles. The molecule has 0 bridgehead atoms. The molecule has 1 amide bonds. The number of hydrogen-bond acceptors (Lipinski definition) is 4. The van der Waals surface area contributed by atoms with Crippen molar-refractivity contribution in [2.45, 2.75) is 0 Å². The number of anilines is 1. The summed E-state index contributed by atoms with van der Waals surface area (Å²) in [5.41, 5.74) is 0.140. The van der Waals surface area contributed by atoms with Crippen LogP contribution in [0.25, 0.3) is 11.0 Å². The fourth-order valence-corrected chi connectivity index (χ4v) is 2.68. The lowest BCUT2D eigenvalue weighted by atomic mass is 10.1. The molecule has 3 aromatic carbocycles. The average Bonchev–Trinajstić information content (AvgIpc) is 2.69. The van der Waals surface area contributed by atoms with Crippen LogP contribution in [-0.4, -0.2) is 5.91 Å². The molecular formula is C22H15NO4. The van der Waals surface area contributed by atoms with Gasteiger partial charge in [-0.3, -0.25) is 4.79 Å². The molecule has 0 spiro atoms. The molecule has 0 aliphatic heterocycles. The fraction of sp³-hybridized carbons (Fsp3) is 0. The molecule has 0 fully saturated rings. The topological polar surface area (TPSA) is 68.5 Å². The summed E-state index contributed by atoms with van der Waals surface area (Å²) in [7, 11) is 0. The highest BCUT2D eigenvalue weighted by molar-refractivity contribution is 6.06. The summed E-state index contributed by atoms with van der Waals surface area (Å²) >= 11 is 0. The number of amides is 1. The first-order valence-corrected chi connectivity index (χ1v) is 8.37. The van der Waals surface area contributed by atoms with Crippen molar-refractivity contribution >= 4 is 22.6 Å². The summed E-state index contributed by atoms with van der Waals surface area (Å²) in [5, 5.41) is 3.41. The normalized spacial score (nSPS) is 10.5. The van der Waals surface area contributed by atoms with E-state index in [0.29, 0.717) is 28.2 Å². The van der Waals surface area contributed by atoms with E-state index in [2.05, 4.69) is 5.32 Å². The Balaban J connectivity index is 1.64. The van der Waals surface area contributed by atoms with Crippen molar-refractivity contribution in [2.75, 3.05) is 5.32 Å². The Morgan fingerprint density at radius 3 is 2.41 bits per heavy atom. The third-order valence-corrected chi connectivity index (χ3v) is 3.99. The zero-order valence-corrected chi connectivity index (χ0v) is 14.2. The molecule has 0 saturated carbocycles. The quantitative estimate of drug-likeness (QED) is 0.531. The van der Waals surface area contributed by atoms with Crippen LogP contribution in [0.1, 0.15) is 10.4 Å². The summed E-state index contributed by atoms with van der Waals surface area (Å²) in [6.45, 7) is 0.